The van der Waals surface area contributed by atoms with Crippen LogP contribution in [-0.4, -0.2) is 27.3 Å². The average Bonchev–Trinajstić information content (AvgIpc) is 3.18. The number of nitrogens with zero attached hydrogens (tertiary/aromatic N) is 4. The molecule has 5 heteroatoms. The molecule has 1 heterocycles. The summed E-state index contributed by atoms with van der Waals surface area (Å²) in [7, 11) is 1.93. The number of aromatic nitrogens is 4. The van der Waals surface area contributed by atoms with E-state index in [1.54, 1.807) is 0 Å². The monoisotopic (exact) mass is 221 g/mol. The van der Waals surface area contributed by atoms with Crippen molar-refractivity contribution >= 4 is 0 Å². The van der Waals surface area contributed by atoms with Gasteiger partial charge in [-0.05, 0) is 60.9 Å². The van der Waals surface area contributed by atoms with Gasteiger partial charge < -0.3 is 5.32 Å². The van der Waals surface area contributed by atoms with Crippen LogP contribution in [0.4, 0.5) is 0 Å². The van der Waals surface area contributed by atoms with E-state index in [1.165, 1.54) is 25.7 Å². The summed E-state index contributed by atoms with van der Waals surface area (Å²) in [6.45, 7) is 1.79. The van der Waals surface area contributed by atoms with Crippen molar-refractivity contribution in [2.45, 2.75) is 38.8 Å². The average molecular weight is 221 g/mol. The molecule has 0 aromatic carbocycles. The molecule has 0 bridgehead atoms. The highest BCUT2D eigenvalue weighted by atomic mass is 15.5. The van der Waals surface area contributed by atoms with Crippen molar-refractivity contribution in [3.8, 4) is 0 Å². The zero-order chi connectivity index (χ0) is 11.0. The van der Waals surface area contributed by atoms with E-state index < -0.39 is 0 Å². The van der Waals surface area contributed by atoms with Crippen LogP contribution < -0.4 is 5.32 Å². The molecule has 0 unspecified atom stereocenters. The fraction of sp³-hybridized carbons (Fsp3) is 0.909. The highest BCUT2D eigenvalue weighted by Crippen LogP contribution is 2.49. The van der Waals surface area contributed by atoms with Crippen LogP contribution in [-0.2, 0) is 13.1 Å². The number of rotatable bonds is 6. The molecule has 3 rings (SSSR count). The molecular formula is C11H19N5. The Morgan fingerprint density at radius 3 is 2.56 bits per heavy atom. The molecule has 88 valence electrons. The van der Waals surface area contributed by atoms with E-state index >= 15 is 0 Å². The minimum atomic E-state index is 0.759. The first kappa shape index (κ1) is 10.2. The summed E-state index contributed by atoms with van der Waals surface area (Å²) >= 11 is 0. The Labute approximate surface area is 95.6 Å². The molecule has 0 spiro atoms. The summed E-state index contributed by atoms with van der Waals surface area (Å²) in [5.41, 5.74) is 0. The zero-order valence-corrected chi connectivity index (χ0v) is 9.76. The molecule has 16 heavy (non-hydrogen) atoms. The summed E-state index contributed by atoms with van der Waals surface area (Å²) in [6.07, 6.45) is 5.69. The van der Waals surface area contributed by atoms with Crippen LogP contribution in [0.5, 0.6) is 0 Å². The van der Waals surface area contributed by atoms with E-state index in [4.69, 9.17) is 0 Å². The lowest BCUT2D eigenvalue weighted by atomic mass is 9.98. The molecule has 0 atom stereocenters. The first-order valence-electron chi connectivity index (χ1n) is 6.28. The van der Waals surface area contributed by atoms with Gasteiger partial charge in [-0.1, -0.05) is 0 Å². The maximum absolute atomic E-state index is 4.11. The molecule has 0 amide bonds. The molecule has 2 aliphatic rings. The Kier molecular flexibility index (Phi) is 2.63. The van der Waals surface area contributed by atoms with Gasteiger partial charge in [0.2, 0.25) is 0 Å². The SMILES string of the molecule is CNCc1nnnn1CC(C1CC1)C1CC1. The molecule has 2 saturated carbocycles. The highest BCUT2D eigenvalue weighted by molar-refractivity contribution is 4.92. The van der Waals surface area contributed by atoms with Crippen LogP contribution in [0.1, 0.15) is 31.5 Å². The molecule has 2 fully saturated rings. The minimum Gasteiger partial charge on any atom is -0.313 e. The van der Waals surface area contributed by atoms with Gasteiger partial charge in [-0.3, -0.25) is 0 Å². The number of tetrazole rings is 1. The molecule has 0 aliphatic heterocycles. The second-order valence-electron chi connectivity index (χ2n) is 5.15. The fourth-order valence-corrected chi connectivity index (χ4v) is 2.58. The minimum absolute atomic E-state index is 0.759. The van der Waals surface area contributed by atoms with Gasteiger partial charge in [-0.25, -0.2) is 4.68 Å². The van der Waals surface area contributed by atoms with Crippen molar-refractivity contribution in [2.24, 2.45) is 17.8 Å². The van der Waals surface area contributed by atoms with E-state index in [9.17, 15) is 0 Å². The zero-order valence-electron chi connectivity index (χ0n) is 9.76. The van der Waals surface area contributed by atoms with Gasteiger partial charge in [0.25, 0.3) is 0 Å². The Hall–Kier alpha value is -0.970. The Balaban J connectivity index is 1.68. The molecule has 5 nitrogen and oxygen atoms in total. The predicted molar refractivity (Wildman–Crippen MR) is 59.5 cm³/mol. The van der Waals surface area contributed by atoms with Gasteiger partial charge in [0.15, 0.2) is 5.82 Å². The third-order valence-electron chi connectivity index (χ3n) is 3.78. The molecule has 2 aliphatic carbocycles. The van der Waals surface area contributed by atoms with E-state index in [1.807, 2.05) is 11.7 Å². The second-order valence-corrected chi connectivity index (χ2v) is 5.15. The van der Waals surface area contributed by atoms with Crippen LogP contribution in [0.3, 0.4) is 0 Å². The normalized spacial score (nSPS) is 20.6. The lowest BCUT2D eigenvalue weighted by Crippen LogP contribution is -2.20. The van der Waals surface area contributed by atoms with E-state index in [0.717, 1.165) is 36.7 Å². The number of hydrogen-bond donors (Lipinski definition) is 1. The van der Waals surface area contributed by atoms with Crippen molar-refractivity contribution in [3.63, 3.8) is 0 Å². The third kappa shape index (κ3) is 2.09. The Morgan fingerprint density at radius 2 is 2.00 bits per heavy atom. The first-order valence-corrected chi connectivity index (χ1v) is 6.28. The van der Waals surface area contributed by atoms with E-state index in [0.29, 0.717) is 0 Å². The molecule has 0 radical (unpaired) electrons. The van der Waals surface area contributed by atoms with Gasteiger partial charge >= 0.3 is 0 Å². The molecule has 1 aromatic heterocycles. The van der Waals surface area contributed by atoms with Crippen molar-refractivity contribution in [2.75, 3.05) is 7.05 Å². The summed E-state index contributed by atoms with van der Waals surface area (Å²) in [5, 5.41) is 15.1. The quantitative estimate of drug-likeness (QED) is 0.773. The van der Waals surface area contributed by atoms with Crippen molar-refractivity contribution in [1.82, 2.24) is 25.5 Å². The summed E-state index contributed by atoms with van der Waals surface area (Å²) in [5.74, 6) is 3.71. The van der Waals surface area contributed by atoms with Crippen molar-refractivity contribution in [3.05, 3.63) is 5.82 Å². The topological polar surface area (TPSA) is 55.6 Å². The standard InChI is InChI=1S/C11H19N5/c1-12-6-11-13-14-15-16(11)7-10(8-2-3-8)9-4-5-9/h8-10,12H,2-7H2,1H3. The first-order chi connectivity index (χ1) is 7.88. The lowest BCUT2D eigenvalue weighted by molar-refractivity contribution is 0.323. The van der Waals surface area contributed by atoms with Gasteiger partial charge in [0.1, 0.15) is 0 Å². The predicted octanol–water partition coefficient (Wildman–Crippen LogP) is 0.829. The fourth-order valence-electron chi connectivity index (χ4n) is 2.58. The maximum atomic E-state index is 4.11. The van der Waals surface area contributed by atoms with E-state index in [-0.39, 0.29) is 0 Å². The maximum Gasteiger partial charge on any atom is 0.165 e. The Morgan fingerprint density at radius 1 is 1.31 bits per heavy atom. The van der Waals surface area contributed by atoms with Crippen LogP contribution in [0.2, 0.25) is 0 Å². The Bertz CT molecular complexity index is 341. The van der Waals surface area contributed by atoms with Crippen LogP contribution in [0.15, 0.2) is 0 Å². The summed E-state index contributed by atoms with van der Waals surface area (Å²) < 4.78 is 2.00. The molecule has 1 aromatic rings. The summed E-state index contributed by atoms with van der Waals surface area (Å²) in [6, 6.07) is 0. The van der Waals surface area contributed by atoms with Gasteiger partial charge in [-0.2, -0.15) is 0 Å². The third-order valence-corrected chi connectivity index (χ3v) is 3.78. The van der Waals surface area contributed by atoms with Gasteiger partial charge in [-0.15, -0.1) is 5.10 Å². The van der Waals surface area contributed by atoms with Crippen molar-refractivity contribution < 1.29 is 0 Å². The highest BCUT2D eigenvalue weighted by Gasteiger charge is 2.41. The van der Waals surface area contributed by atoms with Gasteiger partial charge in [0.05, 0.1) is 6.54 Å². The number of hydrogen-bond acceptors (Lipinski definition) is 4. The smallest absolute Gasteiger partial charge is 0.165 e. The largest absolute Gasteiger partial charge is 0.313 e. The lowest BCUT2D eigenvalue weighted by Gasteiger charge is -2.15. The molecule has 1 N–H and O–H groups in total. The summed E-state index contributed by atoms with van der Waals surface area (Å²) in [4.78, 5) is 0. The van der Waals surface area contributed by atoms with Crippen LogP contribution in [0.25, 0.3) is 0 Å². The van der Waals surface area contributed by atoms with Gasteiger partial charge in [0, 0.05) is 6.54 Å². The molecular weight excluding hydrogens is 202 g/mol. The van der Waals surface area contributed by atoms with Crippen molar-refractivity contribution in [1.29, 1.82) is 0 Å². The van der Waals surface area contributed by atoms with Crippen LogP contribution in [0, 0.1) is 17.8 Å². The second kappa shape index (κ2) is 4.13. The number of nitrogens with one attached hydrogen (secondary N) is 1. The molecule has 0 saturated heterocycles. The van der Waals surface area contributed by atoms with Crippen LogP contribution >= 0.6 is 0 Å². The van der Waals surface area contributed by atoms with E-state index in [2.05, 4.69) is 20.8 Å².